The molecule has 3 saturated heterocycles. The monoisotopic (exact) mass is 125 g/mol. The molecule has 0 aromatic heterocycles. The van der Waals surface area contributed by atoms with Crippen LogP contribution >= 0.6 is 0 Å². The molecule has 9 heavy (non-hydrogen) atoms. The Kier molecular flexibility index (Phi) is 1.44. The number of fused-ring (bicyclic) bond motifs is 4. The third-order valence-corrected chi connectivity index (χ3v) is 2.43. The van der Waals surface area contributed by atoms with Crippen molar-refractivity contribution < 1.29 is 0 Å². The summed E-state index contributed by atoms with van der Waals surface area (Å²) in [6.45, 7) is 3.54. The molecule has 0 aliphatic carbocycles. The first-order valence-corrected chi connectivity index (χ1v) is 3.87. The first-order chi connectivity index (χ1) is 4.45. The molecule has 2 heteroatoms. The predicted octanol–water partition coefficient (Wildman–Crippen LogP) is 0.622. The van der Waals surface area contributed by atoms with Gasteiger partial charge in [0.25, 0.3) is 0 Å². The zero-order valence-corrected chi connectivity index (χ0v) is 5.71. The Balaban J connectivity index is 2.03. The Bertz CT molecular complexity index is 77.6. The lowest BCUT2D eigenvalue weighted by Crippen LogP contribution is -2.34. The fourth-order valence-electron chi connectivity index (χ4n) is 1.73. The Labute approximate surface area is 56.2 Å². The van der Waals surface area contributed by atoms with Crippen molar-refractivity contribution in [2.45, 2.75) is 19.3 Å². The van der Waals surface area contributed by atoms with Crippen LogP contribution in [0.1, 0.15) is 19.3 Å². The van der Waals surface area contributed by atoms with Gasteiger partial charge in [-0.15, -0.1) is 0 Å². The molecule has 1 radical (unpaired) electrons. The van der Waals surface area contributed by atoms with Crippen molar-refractivity contribution in [3.05, 3.63) is 0 Å². The van der Waals surface area contributed by atoms with Crippen LogP contribution in [0.2, 0.25) is 0 Å². The summed E-state index contributed by atoms with van der Waals surface area (Å²) in [5, 5.41) is 2.24. The third kappa shape index (κ3) is 1.10. The van der Waals surface area contributed by atoms with Crippen molar-refractivity contribution in [3.8, 4) is 0 Å². The van der Waals surface area contributed by atoms with Gasteiger partial charge in [0.1, 0.15) is 0 Å². The lowest BCUT2D eigenvalue weighted by atomic mass is 9.96. The summed E-state index contributed by atoms with van der Waals surface area (Å²) in [6, 6.07) is 0. The van der Waals surface area contributed by atoms with E-state index < -0.39 is 0 Å². The van der Waals surface area contributed by atoms with Crippen LogP contribution < -0.4 is 5.43 Å². The molecule has 3 rings (SSSR count). The van der Waals surface area contributed by atoms with Crippen LogP contribution in [-0.4, -0.2) is 24.6 Å². The fraction of sp³-hybridized carbons (Fsp3) is 1.00. The van der Waals surface area contributed by atoms with Crippen molar-refractivity contribution in [3.63, 3.8) is 0 Å². The average molecular weight is 125 g/mol. The molecule has 51 valence electrons. The van der Waals surface area contributed by atoms with Gasteiger partial charge in [0, 0.05) is 19.6 Å². The highest BCUT2D eigenvalue weighted by Crippen LogP contribution is 2.22. The van der Waals surface area contributed by atoms with Crippen molar-refractivity contribution in [2.75, 3.05) is 19.6 Å². The van der Waals surface area contributed by atoms with E-state index in [2.05, 4.69) is 10.4 Å². The van der Waals surface area contributed by atoms with Crippen LogP contribution in [0, 0.1) is 5.92 Å². The molecule has 3 heterocycles. The van der Waals surface area contributed by atoms with Gasteiger partial charge in [0.15, 0.2) is 0 Å². The lowest BCUT2D eigenvalue weighted by Gasteiger charge is -2.24. The first-order valence-electron chi connectivity index (χ1n) is 3.87. The minimum absolute atomic E-state index is 1.01. The van der Waals surface area contributed by atoms with E-state index in [9.17, 15) is 0 Å². The van der Waals surface area contributed by atoms with E-state index in [1.54, 1.807) is 0 Å². The van der Waals surface area contributed by atoms with Crippen LogP contribution in [0.4, 0.5) is 0 Å². The summed E-state index contributed by atoms with van der Waals surface area (Å²) in [5.41, 5.74) is 4.42. The molecule has 3 fully saturated rings. The standard InChI is InChI=1S/C7H13N2/c1-4-8-9-5-2-7(1)3-6-9/h7H,1-6H2. The predicted molar refractivity (Wildman–Crippen MR) is 35.9 cm³/mol. The molecule has 0 N–H and O–H groups in total. The van der Waals surface area contributed by atoms with Crippen LogP contribution in [0.15, 0.2) is 0 Å². The van der Waals surface area contributed by atoms with Gasteiger partial charge >= 0.3 is 0 Å². The second kappa shape index (κ2) is 2.27. The molecule has 2 bridgehead atoms. The van der Waals surface area contributed by atoms with E-state index in [0.717, 1.165) is 12.5 Å². The first kappa shape index (κ1) is 5.69. The number of hydrogen-bond donors (Lipinski definition) is 0. The maximum atomic E-state index is 4.42. The molecule has 0 spiro atoms. The molecular weight excluding hydrogens is 112 g/mol. The van der Waals surface area contributed by atoms with Gasteiger partial charge in [-0.05, 0) is 25.2 Å². The van der Waals surface area contributed by atoms with Gasteiger partial charge < -0.3 is 0 Å². The summed E-state index contributed by atoms with van der Waals surface area (Å²) >= 11 is 0. The van der Waals surface area contributed by atoms with E-state index in [1.807, 2.05) is 0 Å². The number of nitrogens with zero attached hydrogens (tertiary/aromatic N) is 2. The Morgan fingerprint density at radius 2 is 1.89 bits per heavy atom. The summed E-state index contributed by atoms with van der Waals surface area (Å²) in [5.74, 6) is 1.01. The third-order valence-electron chi connectivity index (χ3n) is 2.43. The number of hydrogen-bond acceptors (Lipinski definition) is 1. The summed E-state index contributed by atoms with van der Waals surface area (Å²) < 4.78 is 0. The highest BCUT2D eigenvalue weighted by Gasteiger charge is 2.22. The molecule has 0 aromatic carbocycles. The molecule has 0 aromatic rings. The smallest absolute Gasteiger partial charge is 0.0309 e. The van der Waals surface area contributed by atoms with Crippen LogP contribution in [0.5, 0.6) is 0 Å². The normalized spacial score (nSPS) is 42.7. The second-order valence-electron chi connectivity index (χ2n) is 3.05. The molecule has 0 unspecified atom stereocenters. The summed E-state index contributed by atoms with van der Waals surface area (Å²) in [4.78, 5) is 0. The van der Waals surface area contributed by atoms with Crippen LogP contribution in [0.25, 0.3) is 0 Å². The fourth-order valence-corrected chi connectivity index (χ4v) is 1.73. The molecule has 0 saturated carbocycles. The minimum Gasteiger partial charge on any atom is -0.227 e. The van der Waals surface area contributed by atoms with Crippen molar-refractivity contribution in [2.24, 2.45) is 5.92 Å². The molecular formula is C7H13N2. The highest BCUT2D eigenvalue weighted by molar-refractivity contribution is 4.74. The van der Waals surface area contributed by atoms with E-state index in [4.69, 9.17) is 0 Å². The van der Waals surface area contributed by atoms with E-state index >= 15 is 0 Å². The topological polar surface area (TPSA) is 17.3 Å². The van der Waals surface area contributed by atoms with Crippen molar-refractivity contribution in [1.82, 2.24) is 10.4 Å². The maximum Gasteiger partial charge on any atom is 0.0309 e. The molecule has 0 atom stereocenters. The SMILES string of the molecule is C1CC2CCN(CC2)[N]1. The molecule has 2 nitrogen and oxygen atoms in total. The summed E-state index contributed by atoms with van der Waals surface area (Å²) in [7, 11) is 0. The van der Waals surface area contributed by atoms with Gasteiger partial charge in [-0.1, -0.05) is 0 Å². The van der Waals surface area contributed by atoms with Gasteiger partial charge in [-0.25, -0.2) is 5.01 Å². The van der Waals surface area contributed by atoms with Gasteiger partial charge in [-0.2, -0.15) is 5.43 Å². The van der Waals surface area contributed by atoms with E-state index in [-0.39, 0.29) is 0 Å². The Morgan fingerprint density at radius 3 is 2.67 bits per heavy atom. The lowest BCUT2D eigenvalue weighted by molar-refractivity contribution is 0.160. The second-order valence-corrected chi connectivity index (χ2v) is 3.05. The minimum atomic E-state index is 1.01. The van der Waals surface area contributed by atoms with E-state index in [0.29, 0.717) is 0 Å². The van der Waals surface area contributed by atoms with Gasteiger partial charge in [-0.3, -0.25) is 0 Å². The average Bonchev–Trinajstić information content (AvgIpc) is 2.21. The summed E-state index contributed by atoms with van der Waals surface area (Å²) in [6.07, 6.45) is 4.13. The van der Waals surface area contributed by atoms with Crippen LogP contribution in [-0.2, 0) is 0 Å². The van der Waals surface area contributed by atoms with Crippen molar-refractivity contribution >= 4 is 0 Å². The Morgan fingerprint density at radius 1 is 1.11 bits per heavy atom. The zero-order valence-electron chi connectivity index (χ0n) is 5.71. The van der Waals surface area contributed by atoms with Gasteiger partial charge in [0.05, 0.1) is 0 Å². The molecule has 0 amide bonds. The zero-order chi connectivity index (χ0) is 6.10. The molecule has 3 aliphatic heterocycles. The highest BCUT2D eigenvalue weighted by atomic mass is 15.5. The van der Waals surface area contributed by atoms with Crippen molar-refractivity contribution in [1.29, 1.82) is 0 Å². The number of piperidine rings is 1. The largest absolute Gasteiger partial charge is 0.227 e. The maximum absolute atomic E-state index is 4.42. The van der Waals surface area contributed by atoms with Gasteiger partial charge in [0.2, 0.25) is 0 Å². The van der Waals surface area contributed by atoms with Crippen LogP contribution in [0.3, 0.4) is 0 Å². The quantitative estimate of drug-likeness (QED) is 0.464. The Hall–Kier alpha value is -0.0800. The van der Waals surface area contributed by atoms with E-state index in [1.165, 1.54) is 32.4 Å². The molecule has 3 aliphatic rings. The number of rotatable bonds is 0.